The van der Waals surface area contributed by atoms with Crippen molar-refractivity contribution >= 4 is 0 Å². The quantitative estimate of drug-likeness (QED) is 0.530. The van der Waals surface area contributed by atoms with Crippen LogP contribution in [0.25, 0.3) is 0 Å². The SMILES string of the molecule is C[C](C)CC1CCO1. The third kappa shape index (κ3) is 1.48. The first-order chi connectivity index (χ1) is 3.79. The second-order valence-corrected chi connectivity index (χ2v) is 2.69. The van der Waals surface area contributed by atoms with Crippen LogP contribution in [0.3, 0.4) is 0 Å². The molecule has 0 N–H and O–H groups in total. The Morgan fingerprint density at radius 2 is 2.25 bits per heavy atom. The van der Waals surface area contributed by atoms with Gasteiger partial charge in [0, 0.05) is 6.61 Å². The number of ether oxygens (including phenoxy) is 1. The molecule has 8 heavy (non-hydrogen) atoms. The summed E-state index contributed by atoms with van der Waals surface area (Å²) in [5.74, 6) is 1.48. The molecule has 0 aliphatic carbocycles. The fraction of sp³-hybridized carbons (Fsp3) is 0.857. The minimum atomic E-state index is 0.569. The van der Waals surface area contributed by atoms with Gasteiger partial charge in [-0.1, -0.05) is 13.8 Å². The molecule has 1 fully saturated rings. The van der Waals surface area contributed by atoms with Crippen LogP contribution >= 0.6 is 0 Å². The molecule has 0 amide bonds. The maximum atomic E-state index is 5.22. The lowest BCUT2D eigenvalue weighted by Crippen LogP contribution is -2.27. The number of hydrogen-bond donors (Lipinski definition) is 0. The molecule has 0 aromatic rings. The lowest BCUT2D eigenvalue weighted by atomic mass is 10.0. The Hall–Kier alpha value is -0.0400. The summed E-state index contributed by atoms with van der Waals surface area (Å²) < 4.78 is 5.22. The second kappa shape index (κ2) is 2.49. The highest BCUT2D eigenvalue weighted by Gasteiger charge is 2.18. The second-order valence-electron chi connectivity index (χ2n) is 2.69. The predicted molar refractivity (Wildman–Crippen MR) is 33.6 cm³/mol. The molecule has 1 unspecified atom stereocenters. The molecule has 1 atom stereocenters. The van der Waals surface area contributed by atoms with E-state index in [4.69, 9.17) is 4.74 Å². The molecule has 1 heteroatoms. The Labute approximate surface area is 51.0 Å². The molecule has 1 saturated heterocycles. The zero-order chi connectivity index (χ0) is 5.98. The van der Waals surface area contributed by atoms with E-state index in [1.54, 1.807) is 0 Å². The van der Waals surface area contributed by atoms with Gasteiger partial charge in [0.25, 0.3) is 0 Å². The molecule has 1 aliphatic heterocycles. The van der Waals surface area contributed by atoms with E-state index in [0.29, 0.717) is 6.10 Å². The van der Waals surface area contributed by atoms with E-state index in [1.165, 1.54) is 18.8 Å². The molecule has 1 aliphatic rings. The molecule has 0 aromatic carbocycles. The standard InChI is InChI=1S/C7H13O/c1-6(2)5-7-3-4-8-7/h7H,3-5H2,1-2H3. The van der Waals surface area contributed by atoms with Gasteiger partial charge < -0.3 is 4.74 Å². The van der Waals surface area contributed by atoms with Gasteiger partial charge in [0.15, 0.2) is 0 Å². The van der Waals surface area contributed by atoms with Crippen LogP contribution in [0.4, 0.5) is 0 Å². The van der Waals surface area contributed by atoms with Gasteiger partial charge in [-0.25, -0.2) is 0 Å². The Morgan fingerprint density at radius 3 is 2.38 bits per heavy atom. The average molecular weight is 113 g/mol. The van der Waals surface area contributed by atoms with Crippen molar-refractivity contribution in [3.8, 4) is 0 Å². The zero-order valence-corrected chi connectivity index (χ0v) is 5.61. The third-order valence-electron chi connectivity index (χ3n) is 1.43. The van der Waals surface area contributed by atoms with Crippen molar-refractivity contribution in [1.82, 2.24) is 0 Å². The van der Waals surface area contributed by atoms with Crippen molar-refractivity contribution in [2.75, 3.05) is 6.61 Å². The third-order valence-corrected chi connectivity index (χ3v) is 1.43. The summed E-state index contributed by atoms with van der Waals surface area (Å²) in [5.41, 5.74) is 0. The minimum absolute atomic E-state index is 0.569. The Bertz CT molecular complexity index is 64.8. The molecule has 0 bridgehead atoms. The van der Waals surface area contributed by atoms with Crippen molar-refractivity contribution in [3.05, 3.63) is 5.92 Å². The maximum absolute atomic E-state index is 5.22. The van der Waals surface area contributed by atoms with Crippen LogP contribution in [-0.4, -0.2) is 12.7 Å². The van der Waals surface area contributed by atoms with Crippen LogP contribution in [-0.2, 0) is 4.74 Å². The van der Waals surface area contributed by atoms with Gasteiger partial charge in [0.05, 0.1) is 6.10 Å². The molecular formula is C7H13O. The van der Waals surface area contributed by atoms with E-state index in [1.807, 2.05) is 0 Å². The van der Waals surface area contributed by atoms with Crippen molar-refractivity contribution in [3.63, 3.8) is 0 Å². The Morgan fingerprint density at radius 1 is 1.62 bits per heavy atom. The van der Waals surface area contributed by atoms with E-state index in [9.17, 15) is 0 Å². The molecule has 0 aromatic heterocycles. The molecule has 0 spiro atoms. The van der Waals surface area contributed by atoms with Gasteiger partial charge in [0.1, 0.15) is 0 Å². The number of hydrogen-bond acceptors (Lipinski definition) is 1. The van der Waals surface area contributed by atoms with E-state index < -0.39 is 0 Å². The van der Waals surface area contributed by atoms with Crippen molar-refractivity contribution in [2.24, 2.45) is 0 Å². The smallest absolute Gasteiger partial charge is 0.0602 e. The Kier molecular flexibility index (Phi) is 1.90. The van der Waals surface area contributed by atoms with Crippen molar-refractivity contribution < 1.29 is 4.74 Å². The molecule has 1 heterocycles. The van der Waals surface area contributed by atoms with Gasteiger partial charge in [-0.05, 0) is 18.8 Å². The molecule has 1 rings (SSSR count). The summed E-state index contributed by atoms with van der Waals surface area (Å²) in [6.45, 7) is 5.29. The van der Waals surface area contributed by atoms with E-state index in [2.05, 4.69) is 13.8 Å². The summed E-state index contributed by atoms with van der Waals surface area (Å²) in [4.78, 5) is 0. The molecule has 1 nitrogen and oxygen atoms in total. The minimum Gasteiger partial charge on any atom is -0.378 e. The van der Waals surface area contributed by atoms with Gasteiger partial charge >= 0.3 is 0 Å². The fourth-order valence-corrected chi connectivity index (χ4v) is 0.901. The number of rotatable bonds is 2. The highest BCUT2D eigenvalue weighted by Crippen LogP contribution is 2.19. The molecule has 0 saturated carbocycles. The average Bonchev–Trinajstić information content (AvgIpc) is 1.55. The first kappa shape index (κ1) is 6.09. The summed E-state index contributed by atoms with van der Waals surface area (Å²) in [6.07, 6.45) is 3.01. The maximum Gasteiger partial charge on any atom is 0.0602 e. The summed E-state index contributed by atoms with van der Waals surface area (Å²) in [7, 11) is 0. The van der Waals surface area contributed by atoms with Crippen LogP contribution in [0.15, 0.2) is 0 Å². The Balaban J connectivity index is 2.01. The van der Waals surface area contributed by atoms with Crippen LogP contribution in [0.2, 0.25) is 0 Å². The van der Waals surface area contributed by atoms with Crippen molar-refractivity contribution in [1.29, 1.82) is 0 Å². The highest BCUT2D eigenvalue weighted by atomic mass is 16.5. The summed E-state index contributed by atoms with van der Waals surface area (Å²) in [6, 6.07) is 0. The van der Waals surface area contributed by atoms with E-state index >= 15 is 0 Å². The first-order valence-electron chi connectivity index (χ1n) is 3.19. The summed E-state index contributed by atoms with van der Waals surface area (Å²) >= 11 is 0. The van der Waals surface area contributed by atoms with Crippen LogP contribution in [0.1, 0.15) is 26.7 Å². The van der Waals surface area contributed by atoms with Gasteiger partial charge in [0.2, 0.25) is 0 Å². The van der Waals surface area contributed by atoms with E-state index in [0.717, 1.165) is 6.61 Å². The van der Waals surface area contributed by atoms with Gasteiger partial charge in [-0.2, -0.15) is 0 Å². The van der Waals surface area contributed by atoms with Crippen LogP contribution in [0, 0.1) is 5.92 Å². The predicted octanol–water partition coefficient (Wildman–Crippen LogP) is 1.78. The monoisotopic (exact) mass is 113 g/mol. The molecule has 47 valence electrons. The molecule has 1 radical (unpaired) electrons. The topological polar surface area (TPSA) is 9.23 Å². The van der Waals surface area contributed by atoms with Crippen LogP contribution in [0.5, 0.6) is 0 Å². The van der Waals surface area contributed by atoms with Crippen LogP contribution < -0.4 is 0 Å². The normalized spacial score (nSPS) is 28.1. The lowest BCUT2D eigenvalue weighted by molar-refractivity contribution is -0.0518. The van der Waals surface area contributed by atoms with E-state index in [-0.39, 0.29) is 0 Å². The first-order valence-corrected chi connectivity index (χ1v) is 3.19. The fourth-order valence-electron chi connectivity index (χ4n) is 0.901. The lowest BCUT2D eigenvalue weighted by Gasteiger charge is -2.27. The largest absolute Gasteiger partial charge is 0.378 e. The van der Waals surface area contributed by atoms with Gasteiger partial charge in [-0.3, -0.25) is 0 Å². The highest BCUT2D eigenvalue weighted by molar-refractivity contribution is 4.83. The molecular weight excluding hydrogens is 100 g/mol. The van der Waals surface area contributed by atoms with Crippen molar-refractivity contribution in [2.45, 2.75) is 32.8 Å². The summed E-state index contributed by atoms with van der Waals surface area (Å²) in [5, 5.41) is 0. The van der Waals surface area contributed by atoms with Gasteiger partial charge in [-0.15, -0.1) is 0 Å². The zero-order valence-electron chi connectivity index (χ0n) is 5.61.